The number of sulfonamides is 1. The number of nitrogens with two attached hydrogens (primary N) is 1. The SMILES string of the molecule is CS(=O)(=O)NCCNC(=O)c1cc(N)nc(Cl)c1. The molecule has 4 N–H and O–H groups in total. The van der Waals surface area contributed by atoms with Gasteiger partial charge >= 0.3 is 0 Å². The fourth-order valence-corrected chi connectivity index (χ4v) is 1.85. The van der Waals surface area contributed by atoms with Gasteiger partial charge in [0, 0.05) is 18.7 Å². The Bertz CT molecular complexity index is 526. The third-order valence-corrected chi connectivity index (χ3v) is 2.77. The number of aromatic nitrogens is 1. The van der Waals surface area contributed by atoms with Crippen LogP contribution in [0.3, 0.4) is 0 Å². The van der Waals surface area contributed by atoms with Gasteiger partial charge in [0.05, 0.1) is 6.26 Å². The maximum Gasteiger partial charge on any atom is 0.251 e. The molecule has 1 aromatic rings. The number of anilines is 1. The van der Waals surface area contributed by atoms with E-state index in [1.807, 2.05) is 0 Å². The second-order valence-electron chi connectivity index (χ2n) is 3.53. The van der Waals surface area contributed by atoms with Gasteiger partial charge in [0.1, 0.15) is 11.0 Å². The van der Waals surface area contributed by atoms with Crippen LogP contribution in [-0.2, 0) is 10.0 Å². The zero-order chi connectivity index (χ0) is 13.8. The average molecular weight is 293 g/mol. The standard InChI is InChI=1S/C9H13ClN4O3S/c1-18(16,17)13-3-2-12-9(15)6-4-7(10)14-8(11)5-6/h4-5,13H,2-3H2,1H3,(H2,11,14)(H,12,15). The number of pyridine rings is 1. The summed E-state index contributed by atoms with van der Waals surface area (Å²) in [5, 5.41) is 2.64. The predicted molar refractivity (Wildman–Crippen MR) is 68.8 cm³/mol. The molecular formula is C9H13ClN4O3S. The Balaban J connectivity index is 2.51. The van der Waals surface area contributed by atoms with E-state index in [9.17, 15) is 13.2 Å². The van der Waals surface area contributed by atoms with Gasteiger partial charge in [-0.3, -0.25) is 4.79 Å². The highest BCUT2D eigenvalue weighted by molar-refractivity contribution is 7.88. The molecule has 1 aromatic heterocycles. The normalized spacial score (nSPS) is 11.2. The lowest BCUT2D eigenvalue weighted by molar-refractivity contribution is 0.0954. The van der Waals surface area contributed by atoms with Crippen LogP contribution in [0.1, 0.15) is 10.4 Å². The molecule has 100 valence electrons. The Morgan fingerprint density at radius 1 is 1.44 bits per heavy atom. The molecule has 0 aromatic carbocycles. The zero-order valence-electron chi connectivity index (χ0n) is 9.60. The molecule has 1 amide bonds. The van der Waals surface area contributed by atoms with E-state index in [1.54, 1.807) is 0 Å². The number of amides is 1. The Labute approximate surface area is 110 Å². The number of hydrogen-bond donors (Lipinski definition) is 3. The van der Waals surface area contributed by atoms with Gasteiger partial charge in [0.2, 0.25) is 10.0 Å². The lowest BCUT2D eigenvalue weighted by Crippen LogP contribution is -2.34. The Hall–Kier alpha value is -1.38. The highest BCUT2D eigenvalue weighted by Gasteiger charge is 2.08. The van der Waals surface area contributed by atoms with Gasteiger partial charge < -0.3 is 11.1 Å². The summed E-state index contributed by atoms with van der Waals surface area (Å²) in [4.78, 5) is 15.4. The van der Waals surface area contributed by atoms with Crippen molar-refractivity contribution in [1.82, 2.24) is 15.0 Å². The number of nitrogen functional groups attached to an aromatic ring is 1. The number of rotatable bonds is 5. The highest BCUT2D eigenvalue weighted by Crippen LogP contribution is 2.11. The Morgan fingerprint density at radius 3 is 2.67 bits per heavy atom. The van der Waals surface area contributed by atoms with E-state index in [0.717, 1.165) is 6.26 Å². The molecule has 0 saturated carbocycles. The van der Waals surface area contributed by atoms with Crippen LogP contribution in [0.5, 0.6) is 0 Å². The Morgan fingerprint density at radius 2 is 2.11 bits per heavy atom. The molecule has 1 rings (SSSR count). The van der Waals surface area contributed by atoms with E-state index in [4.69, 9.17) is 17.3 Å². The fraction of sp³-hybridized carbons (Fsp3) is 0.333. The maximum atomic E-state index is 11.6. The molecular weight excluding hydrogens is 280 g/mol. The first kappa shape index (κ1) is 14.7. The van der Waals surface area contributed by atoms with E-state index in [1.165, 1.54) is 12.1 Å². The lowest BCUT2D eigenvalue weighted by atomic mass is 10.2. The average Bonchev–Trinajstić information content (AvgIpc) is 2.21. The summed E-state index contributed by atoms with van der Waals surface area (Å²) < 4.78 is 23.8. The second-order valence-corrected chi connectivity index (χ2v) is 5.75. The number of hydrogen-bond acceptors (Lipinski definition) is 5. The number of nitrogens with zero attached hydrogens (tertiary/aromatic N) is 1. The number of nitrogens with one attached hydrogen (secondary N) is 2. The number of carbonyl (C=O) groups is 1. The predicted octanol–water partition coefficient (Wildman–Crippen LogP) is -0.404. The van der Waals surface area contributed by atoms with Crippen molar-refractivity contribution in [3.05, 3.63) is 22.8 Å². The first-order valence-corrected chi connectivity index (χ1v) is 7.21. The summed E-state index contributed by atoms with van der Waals surface area (Å²) >= 11 is 5.65. The van der Waals surface area contributed by atoms with Gasteiger partial charge in [0.15, 0.2) is 0 Å². The van der Waals surface area contributed by atoms with E-state index in [-0.39, 0.29) is 29.6 Å². The van der Waals surface area contributed by atoms with Gasteiger partial charge in [-0.2, -0.15) is 0 Å². The molecule has 1 heterocycles. The van der Waals surface area contributed by atoms with Crippen LogP contribution < -0.4 is 15.8 Å². The topological polar surface area (TPSA) is 114 Å². The summed E-state index contributed by atoms with van der Waals surface area (Å²) in [7, 11) is -3.25. The van der Waals surface area contributed by atoms with Crippen LogP contribution >= 0.6 is 11.6 Å². The quantitative estimate of drug-likeness (QED) is 0.504. The molecule has 0 bridgehead atoms. The van der Waals surface area contributed by atoms with Crippen LogP contribution in [0.25, 0.3) is 0 Å². The van der Waals surface area contributed by atoms with Crippen LogP contribution in [0, 0.1) is 0 Å². The van der Waals surface area contributed by atoms with Gasteiger partial charge in [-0.05, 0) is 12.1 Å². The summed E-state index contributed by atoms with van der Waals surface area (Å²) in [5.41, 5.74) is 5.71. The number of halogens is 1. The second kappa shape index (κ2) is 5.98. The third-order valence-electron chi connectivity index (χ3n) is 1.85. The first-order valence-electron chi connectivity index (χ1n) is 4.94. The van der Waals surface area contributed by atoms with Crippen LogP contribution in [-0.4, -0.2) is 38.7 Å². The largest absolute Gasteiger partial charge is 0.384 e. The van der Waals surface area contributed by atoms with Crippen LogP contribution in [0.4, 0.5) is 5.82 Å². The highest BCUT2D eigenvalue weighted by atomic mass is 35.5. The van der Waals surface area contributed by atoms with Crippen LogP contribution in [0.15, 0.2) is 12.1 Å². The maximum absolute atomic E-state index is 11.6. The molecule has 0 saturated heterocycles. The summed E-state index contributed by atoms with van der Waals surface area (Å²) in [6, 6.07) is 2.75. The van der Waals surface area contributed by atoms with Crippen molar-refractivity contribution >= 4 is 33.3 Å². The molecule has 0 fully saturated rings. The van der Waals surface area contributed by atoms with Crippen molar-refractivity contribution in [2.75, 3.05) is 25.1 Å². The smallest absolute Gasteiger partial charge is 0.251 e. The summed E-state index contributed by atoms with van der Waals surface area (Å²) in [5.74, 6) is -0.261. The molecule has 0 unspecified atom stereocenters. The monoisotopic (exact) mass is 292 g/mol. The molecule has 0 aliphatic heterocycles. The van der Waals surface area contributed by atoms with Gasteiger partial charge in [-0.1, -0.05) is 11.6 Å². The van der Waals surface area contributed by atoms with Crippen molar-refractivity contribution in [2.24, 2.45) is 0 Å². The minimum atomic E-state index is -3.25. The van der Waals surface area contributed by atoms with Crippen molar-refractivity contribution in [3.63, 3.8) is 0 Å². The van der Waals surface area contributed by atoms with Crippen molar-refractivity contribution in [2.45, 2.75) is 0 Å². The van der Waals surface area contributed by atoms with Gasteiger partial charge in [-0.25, -0.2) is 18.1 Å². The van der Waals surface area contributed by atoms with E-state index < -0.39 is 15.9 Å². The van der Waals surface area contributed by atoms with Crippen molar-refractivity contribution < 1.29 is 13.2 Å². The van der Waals surface area contributed by atoms with E-state index >= 15 is 0 Å². The molecule has 0 aliphatic carbocycles. The van der Waals surface area contributed by atoms with E-state index in [0.29, 0.717) is 0 Å². The lowest BCUT2D eigenvalue weighted by Gasteiger charge is -2.06. The molecule has 0 aliphatic rings. The minimum absolute atomic E-state index is 0.110. The molecule has 0 radical (unpaired) electrons. The van der Waals surface area contributed by atoms with Crippen LogP contribution in [0.2, 0.25) is 5.15 Å². The van der Waals surface area contributed by atoms with Crippen molar-refractivity contribution in [1.29, 1.82) is 0 Å². The molecule has 7 nitrogen and oxygen atoms in total. The summed E-state index contributed by atoms with van der Waals surface area (Å²) in [6.45, 7) is 0.268. The minimum Gasteiger partial charge on any atom is -0.384 e. The first-order chi connectivity index (χ1) is 8.28. The molecule has 9 heteroatoms. The molecule has 18 heavy (non-hydrogen) atoms. The third kappa shape index (κ3) is 5.30. The number of carbonyl (C=O) groups excluding carboxylic acids is 1. The van der Waals surface area contributed by atoms with Gasteiger partial charge in [0.25, 0.3) is 5.91 Å². The zero-order valence-corrected chi connectivity index (χ0v) is 11.2. The molecule has 0 atom stereocenters. The Kier molecular flexibility index (Phi) is 4.88. The summed E-state index contributed by atoms with van der Waals surface area (Å²) in [6.07, 6.45) is 1.04. The molecule has 0 spiro atoms. The van der Waals surface area contributed by atoms with Crippen molar-refractivity contribution in [3.8, 4) is 0 Å². The van der Waals surface area contributed by atoms with E-state index in [2.05, 4.69) is 15.0 Å². The fourth-order valence-electron chi connectivity index (χ4n) is 1.16. The van der Waals surface area contributed by atoms with Gasteiger partial charge in [-0.15, -0.1) is 0 Å².